The van der Waals surface area contributed by atoms with Crippen molar-refractivity contribution in [2.75, 3.05) is 7.11 Å². The second-order valence-electron chi connectivity index (χ2n) is 5.09. The van der Waals surface area contributed by atoms with Gasteiger partial charge in [-0.3, -0.25) is 5.10 Å². The highest BCUT2D eigenvalue weighted by Crippen LogP contribution is 2.31. The van der Waals surface area contributed by atoms with E-state index in [2.05, 4.69) is 46.4 Å². The third-order valence-corrected chi connectivity index (χ3v) is 4.49. The van der Waals surface area contributed by atoms with Crippen molar-refractivity contribution in [3.63, 3.8) is 0 Å². The SMILES string of the molecule is COc1ccc(Cl)cc1-c1nc(SCc2cccc(C)c2)n[nH]1. The third kappa shape index (κ3) is 3.86. The Labute approximate surface area is 144 Å². The predicted octanol–water partition coefficient (Wildman–Crippen LogP) is 4.73. The van der Waals surface area contributed by atoms with Gasteiger partial charge in [-0.2, -0.15) is 0 Å². The topological polar surface area (TPSA) is 50.8 Å². The van der Waals surface area contributed by atoms with E-state index in [9.17, 15) is 0 Å². The van der Waals surface area contributed by atoms with Gasteiger partial charge in [0.2, 0.25) is 5.16 Å². The van der Waals surface area contributed by atoms with Crippen LogP contribution in [0, 0.1) is 6.92 Å². The van der Waals surface area contributed by atoms with Gasteiger partial charge >= 0.3 is 0 Å². The number of halogens is 1. The Morgan fingerprint density at radius 2 is 2.09 bits per heavy atom. The lowest BCUT2D eigenvalue weighted by molar-refractivity contribution is 0.416. The van der Waals surface area contributed by atoms with Crippen LogP contribution in [-0.2, 0) is 5.75 Å². The van der Waals surface area contributed by atoms with Crippen molar-refractivity contribution in [1.29, 1.82) is 0 Å². The van der Waals surface area contributed by atoms with Gasteiger partial charge in [-0.15, -0.1) is 5.10 Å². The van der Waals surface area contributed by atoms with E-state index in [4.69, 9.17) is 16.3 Å². The van der Waals surface area contributed by atoms with E-state index in [0.29, 0.717) is 21.8 Å². The molecule has 0 saturated carbocycles. The van der Waals surface area contributed by atoms with Gasteiger partial charge in [0.15, 0.2) is 5.82 Å². The summed E-state index contributed by atoms with van der Waals surface area (Å²) in [5.41, 5.74) is 3.30. The van der Waals surface area contributed by atoms with Crippen LogP contribution in [0.15, 0.2) is 47.6 Å². The van der Waals surface area contributed by atoms with Gasteiger partial charge in [0.1, 0.15) is 5.75 Å². The summed E-state index contributed by atoms with van der Waals surface area (Å²) in [5.74, 6) is 2.18. The number of benzene rings is 2. The average Bonchev–Trinajstić information content (AvgIpc) is 3.02. The molecule has 0 amide bonds. The van der Waals surface area contributed by atoms with Crippen LogP contribution < -0.4 is 4.74 Å². The Hall–Kier alpha value is -1.98. The molecule has 0 fully saturated rings. The zero-order valence-corrected chi connectivity index (χ0v) is 14.4. The van der Waals surface area contributed by atoms with Crippen molar-refractivity contribution in [3.05, 3.63) is 58.6 Å². The minimum absolute atomic E-state index is 0.631. The van der Waals surface area contributed by atoms with E-state index in [1.54, 1.807) is 24.9 Å². The number of hydrogen-bond acceptors (Lipinski definition) is 4. The van der Waals surface area contributed by atoms with Crippen molar-refractivity contribution >= 4 is 23.4 Å². The third-order valence-electron chi connectivity index (χ3n) is 3.33. The Morgan fingerprint density at radius 3 is 2.87 bits per heavy atom. The van der Waals surface area contributed by atoms with Gasteiger partial charge < -0.3 is 4.74 Å². The molecular formula is C17H16ClN3OS. The van der Waals surface area contributed by atoms with Crippen molar-refractivity contribution in [1.82, 2.24) is 15.2 Å². The first-order chi connectivity index (χ1) is 11.2. The van der Waals surface area contributed by atoms with Crippen LogP contribution in [0.4, 0.5) is 0 Å². The number of ether oxygens (including phenoxy) is 1. The Bertz CT molecular complexity index is 819. The van der Waals surface area contributed by atoms with Gasteiger partial charge in [-0.05, 0) is 30.7 Å². The molecule has 3 aromatic rings. The molecule has 0 spiro atoms. The molecule has 1 aromatic heterocycles. The molecule has 0 atom stereocenters. The van der Waals surface area contributed by atoms with E-state index in [0.717, 1.165) is 11.3 Å². The normalized spacial score (nSPS) is 10.7. The predicted molar refractivity (Wildman–Crippen MR) is 94.1 cm³/mol. The summed E-state index contributed by atoms with van der Waals surface area (Å²) < 4.78 is 5.35. The van der Waals surface area contributed by atoms with Crippen molar-refractivity contribution < 1.29 is 4.74 Å². The van der Waals surface area contributed by atoms with E-state index >= 15 is 0 Å². The molecule has 0 radical (unpaired) electrons. The monoisotopic (exact) mass is 345 g/mol. The Balaban J connectivity index is 1.77. The summed E-state index contributed by atoms with van der Waals surface area (Å²) in [4.78, 5) is 4.53. The summed E-state index contributed by atoms with van der Waals surface area (Å²) in [5, 5.41) is 8.54. The van der Waals surface area contributed by atoms with Crippen LogP contribution in [0.1, 0.15) is 11.1 Å². The number of aromatic nitrogens is 3. The van der Waals surface area contributed by atoms with Gasteiger partial charge in [0.25, 0.3) is 0 Å². The zero-order chi connectivity index (χ0) is 16.2. The minimum atomic E-state index is 0.631. The fraction of sp³-hybridized carbons (Fsp3) is 0.176. The molecule has 6 heteroatoms. The van der Waals surface area contributed by atoms with Crippen LogP contribution in [0.5, 0.6) is 5.75 Å². The second-order valence-corrected chi connectivity index (χ2v) is 6.47. The molecule has 1 N–H and O–H groups in total. The fourth-order valence-electron chi connectivity index (χ4n) is 2.25. The molecule has 0 aliphatic carbocycles. The van der Waals surface area contributed by atoms with Gasteiger partial charge in [0, 0.05) is 10.8 Å². The molecule has 0 unspecified atom stereocenters. The molecule has 0 saturated heterocycles. The number of aryl methyl sites for hydroxylation is 1. The quantitative estimate of drug-likeness (QED) is 0.679. The zero-order valence-electron chi connectivity index (χ0n) is 12.8. The molecule has 4 nitrogen and oxygen atoms in total. The van der Waals surface area contributed by atoms with Gasteiger partial charge in [-0.25, -0.2) is 4.98 Å². The number of nitrogens with one attached hydrogen (secondary N) is 1. The number of methoxy groups -OCH3 is 1. The van der Waals surface area contributed by atoms with Gasteiger partial charge in [0.05, 0.1) is 12.7 Å². The van der Waals surface area contributed by atoms with E-state index in [-0.39, 0.29) is 0 Å². The molecule has 0 aliphatic heterocycles. The van der Waals surface area contributed by atoms with Crippen LogP contribution in [-0.4, -0.2) is 22.3 Å². The standard InChI is InChI=1S/C17H16ClN3OS/c1-11-4-3-5-12(8-11)10-23-17-19-16(20-21-17)14-9-13(18)6-7-15(14)22-2/h3-9H,10H2,1-2H3,(H,19,20,21). The molecule has 2 aromatic carbocycles. The number of thioether (sulfide) groups is 1. The molecule has 0 bridgehead atoms. The van der Waals surface area contributed by atoms with Crippen LogP contribution in [0.3, 0.4) is 0 Å². The number of H-pyrrole nitrogens is 1. The minimum Gasteiger partial charge on any atom is -0.496 e. The summed E-state index contributed by atoms with van der Waals surface area (Å²) in [7, 11) is 1.62. The summed E-state index contributed by atoms with van der Waals surface area (Å²) in [6.07, 6.45) is 0. The largest absolute Gasteiger partial charge is 0.496 e. The maximum Gasteiger partial charge on any atom is 0.209 e. The smallest absolute Gasteiger partial charge is 0.209 e. The van der Waals surface area contributed by atoms with E-state index in [1.165, 1.54) is 11.1 Å². The maximum atomic E-state index is 6.06. The van der Waals surface area contributed by atoms with Crippen LogP contribution >= 0.6 is 23.4 Å². The summed E-state index contributed by atoms with van der Waals surface area (Å²) >= 11 is 7.65. The van der Waals surface area contributed by atoms with E-state index < -0.39 is 0 Å². The molecular weight excluding hydrogens is 330 g/mol. The summed E-state index contributed by atoms with van der Waals surface area (Å²) in [6, 6.07) is 13.8. The maximum absolute atomic E-state index is 6.06. The average molecular weight is 346 g/mol. The molecule has 23 heavy (non-hydrogen) atoms. The fourth-order valence-corrected chi connectivity index (χ4v) is 3.16. The molecule has 118 valence electrons. The first-order valence-corrected chi connectivity index (χ1v) is 8.47. The number of hydrogen-bond donors (Lipinski definition) is 1. The van der Waals surface area contributed by atoms with E-state index in [1.807, 2.05) is 12.1 Å². The van der Waals surface area contributed by atoms with Crippen LogP contribution in [0.2, 0.25) is 5.02 Å². The van der Waals surface area contributed by atoms with Crippen molar-refractivity contribution in [2.24, 2.45) is 0 Å². The molecule has 3 rings (SSSR count). The Morgan fingerprint density at radius 1 is 1.22 bits per heavy atom. The lowest BCUT2D eigenvalue weighted by atomic mass is 10.2. The second kappa shape index (κ2) is 7.06. The lowest BCUT2D eigenvalue weighted by Crippen LogP contribution is -1.89. The van der Waals surface area contributed by atoms with Crippen molar-refractivity contribution in [3.8, 4) is 17.1 Å². The highest BCUT2D eigenvalue weighted by Gasteiger charge is 2.12. The first kappa shape index (κ1) is 15.9. The highest BCUT2D eigenvalue weighted by atomic mass is 35.5. The number of rotatable bonds is 5. The van der Waals surface area contributed by atoms with Crippen molar-refractivity contribution in [2.45, 2.75) is 17.8 Å². The molecule has 1 heterocycles. The highest BCUT2D eigenvalue weighted by molar-refractivity contribution is 7.98. The molecule has 0 aliphatic rings. The summed E-state index contributed by atoms with van der Waals surface area (Å²) in [6.45, 7) is 2.09. The van der Waals surface area contributed by atoms with Crippen LogP contribution in [0.25, 0.3) is 11.4 Å². The van der Waals surface area contributed by atoms with Gasteiger partial charge in [-0.1, -0.05) is 53.2 Å². The first-order valence-electron chi connectivity index (χ1n) is 7.10. The lowest BCUT2D eigenvalue weighted by Gasteiger charge is -2.05. The number of nitrogens with zero attached hydrogens (tertiary/aromatic N) is 2. The Kier molecular flexibility index (Phi) is 4.88. The number of aromatic amines is 1.